The van der Waals surface area contributed by atoms with Crippen molar-refractivity contribution in [2.45, 2.75) is 6.04 Å². The molecule has 5 nitrogen and oxygen atoms in total. The van der Waals surface area contributed by atoms with Crippen molar-refractivity contribution in [1.29, 1.82) is 0 Å². The highest BCUT2D eigenvalue weighted by Crippen LogP contribution is 2.26. The van der Waals surface area contributed by atoms with Crippen LogP contribution in [0.15, 0.2) is 11.4 Å². The lowest BCUT2D eigenvalue weighted by Gasteiger charge is -2.23. The van der Waals surface area contributed by atoms with Crippen LogP contribution >= 0.6 is 11.3 Å². The minimum absolute atomic E-state index is 0.215. The molecular weight excluding hydrogens is 202 g/mol. The average Bonchev–Trinajstić information content (AvgIpc) is 2.68. The summed E-state index contributed by atoms with van der Waals surface area (Å²) in [5.41, 5.74) is 1.01. The Morgan fingerprint density at radius 3 is 3.00 bits per heavy atom. The molecule has 0 spiro atoms. The predicted molar refractivity (Wildman–Crippen MR) is 54.6 cm³/mol. The standard InChI is InChI=1S/C8H11N3O2S/c12-11(13)8-3-6(5-14-8)7-4-9-1-2-10-7/h3,5,7,9-10H,1-2,4H2/t7-/m1/s1. The largest absolute Gasteiger partial charge is 0.324 e. The van der Waals surface area contributed by atoms with Gasteiger partial charge in [0.05, 0.1) is 4.92 Å². The van der Waals surface area contributed by atoms with Gasteiger partial charge in [-0.1, -0.05) is 11.3 Å². The van der Waals surface area contributed by atoms with Crippen LogP contribution in [0.1, 0.15) is 11.6 Å². The zero-order valence-corrected chi connectivity index (χ0v) is 8.34. The Bertz CT molecular complexity index is 333. The van der Waals surface area contributed by atoms with Crippen molar-refractivity contribution in [2.75, 3.05) is 19.6 Å². The molecule has 1 saturated heterocycles. The molecule has 2 heterocycles. The smallest absolute Gasteiger partial charge is 0.314 e. The predicted octanol–water partition coefficient (Wildman–Crippen LogP) is 0.890. The van der Waals surface area contributed by atoms with E-state index in [9.17, 15) is 10.1 Å². The van der Waals surface area contributed by atoms with Crippen LogP contribution in [-0.4, -0.2) is 24.6 Å². The van der Waals surface area contributed by atoms with E-state index in [0.29, 0.717) is 0 Å². The number of piperazine rings is 1. The number of thiophene rings is 1. The van der Waals surface area contributed by atoms with E-state index in [1.165, 1.54) is 11.3 Å². The fourth-order valence-electron chi connectivity index (χ4n) is 1.51. The Hall–Kier alpha value is -0.980. The van der Waals surface area contributed by atoms with Gasteiger partial charge in [0.15, 0.2) is 0 Å². The molecule has 76 valence electrons. The maximum absolute atomic E-state index is 10.5. The van der Waals surface area contributed by atoms with Crippen molar-refractivity contribution in [3.8, 4) is 0 Å². The maximum atomic E-state index is 10.5. The molecule has 14 heavy (non-hydrogen) atoms. The first kappa shape index (κ1) is 9.57. The first-order valence-corrected chi connectivity index (χ1v) is 5.32. The number of hydrogen-bond donors (Lipinski definition) is 2. The molecule has 0 amide bonds. The molecule has 1 aromatic heterocycles. The lowest BCUT2D eigenvalue weighted by molar-refractivity contribution is -0.380. The molecule has 0 saturated carbocycles. The minimum Gasteiger partial charge on any atom is -0.314 e. The summed E-state index contributed by atoms with van der Waals surface area (Å²) in [5.74, 6) is 0. The maximum Gasteiger partial charge on any atom is 0.324 e. The van der Waals surface area contributed by atoms with E-state index in [-0.39, 0.29) is 16.0 Å². The van der Waals surface area contributed by atoms with Crippen LogP contribution in [0, 0.1) is 10.1 Å². The second-order valence-electron chi connectivity index (χ2n) is 3.19. The van der Waals surface area contributed by atoms with Crippen molar-refractivity contribution in [3.05, 3.63) is 27.1 Å². The summed E-state index contributed by atoms with van der Waals surface area (Å²) in [4.78, 5) is 10.1. The van der Waals surface area contributed by atoms with Gasteiger partial charge in [-0.15, -0.1) is 0 Å². The normalized spacial score (nSPS) is 22.1. The second-order valence-corrected chi connectivity index (χ2v) is 4.08. The van der Waals surface area contributed by atoms with Gasteiger partial charge in [-0.25, -0.2) is 0 Å². The van der Waals surface area contributed by atoms with Gasteiger partial charge in [0.2, 0.25) is 0 Å². The zero-order valence-electron chi connectivity index (χ0n) is 7.53. The molecule has 1 aromatic rings. The van der Waals surface area contributed by atoms with E-state index in [4.69, 9.17) is 0 Å². The lowest BCUT2D eigenvalue weighted by Crippen LogP contribution is -2.42. The van der Waals surface area contributed by atoms with Gasteiger partial charge in [-0.3, -0.25) is 10.1 Å². The number of nitrogens with zero attached hydrogens (tertiary/aromatic N) is 1. The van der Waals surface area contributed by atoms with Crippen LogP contribution in [0.5, 0.6) is 0 Å². The molecule has 0 aromatic carbocycles. The molecule has 0 unspecified atom stereocenters. The highest BCUT2D eigenvalue weighted by atomic mass is 32.1. The van der Waals surface area contributed by atoms with E-state index in [0.717, 1.165) is 25.2 Å². The third-order valence-electron chi connectivity index (χ3n) is 2.23. The highest BCUT2D eigenvalue weighted by molar-refractivity contribution is 7.13. The van der Waals surface area contributed by atoms with Gasteiger partial charge in [-0.05, 0) is 5.56 Å². The van der Waals surface area contributed by atoms with Crippen LogP contribution in [0.4, 0.5) is 5.00 Å². The quantitative estimate of drug-likeness (QED) is 0.565. The van der Waals surface area contributed by atoms with Crippen molar-refractivity contribution < 1.29 is 4.92 Å². The van der Waals surface area contributed by atoms with Gasteiger partial charge in [0.25, 0.3) is 0 Å². The van der Waals surface area contributed by atoms with E-state index < -0.39 is 0 Å². The number of rotatable bonds is 2. The Labute approximate surface area is 85.3 Å². The molecule has 2 rings (SSSR count). The Morgan fingerprint density at radius 1 is 1.57 bits per heavy atom. The SMILES string of the molecule is O=[N+]([O-])c1cc([C@H]2CNCCN2)cs1. The van der Waals surface area contributed by atoms with Crippen molar-refractivity contribution >= 4 is 16.3 Å². The Morgan fingerprint density at radius 2 is 2.43 bits per heavy atom. The highest BCUT2D eigenvalue weighted by Gasteiger charge is 2.18. The molecule has 1 aliphatic rings. The molecule has 2 N–H and O–H groups in total. The summed E-state index contributed by atoms with van der Waals surface area (Å²) in [6.07, 6.45) is 0. The summed E-state index contributed by atoms with van der Waals surface area (Å²) >= 11 is 1.18. The third-order valence-corrected chi connectivity index (χ3v) is 3.13. The first-order valence-electron chi connectivity index (χ1n) is 4.44. The van der Waals surface area contributed by atoms with E-state index in [1.54, 1.807) is 6.07 Å². The molecule has 1 atom stereocenters. The van der Waals surface area contributed by atoms with Gasteiger partial charge < -0.3 is 10.6 Å². The first-order chi connectivity index (χ1) is 6.77. The summed E-state index contributed by atoms with van der Waals surface area (Å²) in [6.45, 7) is 2.71. The van der Waals surface area contributed by atoms with E-state index >= 15 is 0 Å². The minimum atomic E-state index is -0.343. The molecule has 0 aliphatic carbocycles. The van der Waals surface area contributed by atoms with Crippen LogP contribution in [0.3, 0.4) is 0 Å². The van der Waals surface area contributed by atoms with Crippen LogP contribution in [0.2, 0.25) is 0 Å². The van der Waals surface area contributed by atoms with Crippen molar-refractivity contribution in [3.63, 3.8) is 0 Å². The monoisotopic (exact) mass is 213 g/mol. The third kappa shape index (κ3) is 1.92. The molecule has 1 fully saturated rings. The van der Waals surface area contributed by atoms with Gasteiger partial charge in [0, 0.05) is 37.1 Å². The molecule has 0 bridgehead atoms. The Balaban J connectivity index is 2.11. The van der Waals surface area contributed by atoms with Crippen molar-refractivity contribution in [1.82, 2.24) is 10.6 Å². The zero-order chi connectivity index (χ0) is 9.97. The number of hydrogen-bond acceptors (Lipinski definition) is 5. The van der Waals surface area contributed by atoms with Crippen LogP contribution in [0.25, 0.3) is 0 Å². The second kappa shape index (κ2) is 4.04. The van der Waals surface area contributed by atoms with E-state index in [2.05, 4.69) is 10.6 Å². The topological polar surface area (TPSA) is 67.2 Å². The fraction of sp³-hybridized carbons (Fsp3) is 0.500. The molecule has 6 heteroatoms. The fourth-order valence-corrected chi connectivity index (χ4v) is 2.29. The van der Waals surface area contributed by atoms with Crippen LogP contribution in [-0.2, 0) is 0 Å². The van der Waals surface area contributed by atoms with E-state index in [1.807, 2.05) is 5.38 Å². The number of nitrogens with one attached hydrogen (secondary N) is 2. The summed E-state index contributed by atoms with van der Waals surface area (Å²) in [5, 5.41) is 19.1. The average molecular weight is 213 g/mol. The Kier molecular flexibility index (Phi) is 2.76. The van der Waals surface area contributed by atoms with Crippen molar-refractivity contribution in [2.24, 2.45) is 0 Å². The van der Waals surface area contributed by atoms with Gasteiger partial charge in [-0.2, -0.15) is 0 Å². The number of nitro groups is 1. The summed E-state index contributed by atoms with van der Waals surface area (Å²) in [7, 11) is 0. The summed E-state index contributed by atoms with van der Waals surface area (Å²) in [6, 6.07) is 1.86. The van der Waals surface area contributed by atoms with Gasteiger partial charge >= 0.3 is 5.00 Å². The molecular formula is C8H11N3O2S. The van der Waals surface area contributed by atoms with Gasteiger partial charge in [0.1, 0.15) is 0 Å². The molecule has 1 aliphatic heterocycles. The molecule has 0 radical (unpaired) electrons. The summed E-state index contributed by atoms with van der Waals surface area (Å²) < 4.78 is 0. The van der Waals surface area contributed by atoms with Crippen LogP contribution < -0.4 is 10.6 Å². The lowest BCUT2D eigenvalue weighted by atomic mass is 10.1.